The van der Waals surface area contributed by atoms with Crippen LogP contribution in [-0.2, 0) is 9.59 Å². The predicted octanol–water partition coefficient (Wildman–Crippen LogP) is 1.89. The van der Waals surface area contributed by atoms with Crippen molar-refractivity contribution in [3.8, 4) is 0 Å². The van der Waals surface area contributed by atoms with E-state index in [1.807, 2.05) is 25.6 Å². The summed E-state index contributed by atoms with van der Waals surface area (Å²) in [6.07, 6.45) is 5.38. The van der Waals surface area contributed by atoms with Crippen LogP contribution in [0.1, 0.15) is 40.0 Å². The summed E-state index contributed by atoms with van der Waals surface area (Å²) in [7, 11) is 0. The Morgan fingerprint density at radius 1 is 1.26 bits per heavy atom. The van der Waals surface area contributed by atoms with Gasteiger partial charge >= 0.3 is 0 Å². The van der Waals surface area contributed by atoms with Gasteiger partial charge in [0.2, 0.25) is 11.8 Å². The molecule has 110 valence electrons. The highest BCUT2D eigenvalue weighted by atomic mass is 32.2. The van der Waals surface area contributed by atoms with Crippen LogP contribution in [0.4, 0.5) is 0 Å². The molecule has 0 aromatic carbocycles. The Morgan fingerprint density at radius 3 is 2.53 bits per heavy atom. The summed E-state index contributed by atoms with van der Waals surface area (Å²) in [4.78, 5) is 26.0. The second kappa shape index (κ2) is 7.78. The Hall–Kier alpha value is -0.710. The van der Waals surface area contributed by atoms with Crippen LogP contribution >= 0.6 is 11.8 Å². The topological polar surface area (TPSA) is 49.4 Å². The molecule has 0 spiro atoms. The van der Waals surface area contributed by atoms with Gasteiger partial charge in [0.25, 0.3) is 0 Å². The standard InChI is InChI=1S/C14H26N2O2S/c1-10(2)12-13(17)15-11(3)14(18)16(12)8-6-5-7-9-19-4/h10-12H,5-9H2,1-4H3,(H,15,17). The van der Waals surface area contributed by atoms with E-state index in [9.17, 15) is 9.59 Å². The Kier molecular flexibility index (Phi) is 6.69. The third-order valence-electron chi connectivity index (χ3n) is 3.50. The number of rotatable bonds is 7. The quantitative estimate of drug-likeness (QED) is 0.727. The molecule has 1 aliphatic heterocycles. The second-order valence-corrected chi connectivity index (χ2v) is 6.49. The van der Waals surface area contributed by atoms with Gasteiger partial charge < -0.3 is 10.2 Å². The van der Waals surface area contributed by atoms with Crippen molar-refractivity contribution < 1.29 is 9.59 Å². The average Bonchev–Trinajstić information content (AvgIpc) is 2.34. The smallest absolute Gasteiger partial charge is 0.245 e. The third-order valence-corrected chi connectivity index (χ3v) is 4.19. The fourth-order valence-corrected chi connectivity index (χ4v) is 3.00. The van der Waals surface area contributed by atoms with Crippen LogP contribution < -0.4 is 5.32 Å². The van der Waals surface area contributed by atoms with Crippen molar-refractivity contribution in [2.45, 2.75) is 52.1 Å². The molecule has 1 fully saturated rings. The van der Waals surface area contributed by atoms with Crippen LogP contribution in [0.3, 0.4) is 0 Å². The fraction of sp³-hybridized carbons (Fsp3) is 0.857. The lowest BCUT2D eigenvalue weighted by Crippen LogP contribution is -2.64. The van der Waals surface area contributed by atoms with Gasteiger partial charge in [-0.25, -0.2) is 0 Å². The van der Waals surface area contributed by atoms with E-state index in [1.54, 1.807) is 11.8 Å². The number of hydrogen-bond donors (Lipinski definition) is 1. The van der Waals surface area contributed by atoms with Crippen molar-refractivity contribution in [3.05, 3.63) is 0 Å². The first-order chi connectivity index (χ1) is 8.99. The van der Waals surface area contributed by atoms with E-state index < -0.39 is 0 Å². The van der Waals surface area contributed by atoms with Crippen LogP contribution in [0.5, 0.6) is 0 Å². The molecule has 5 heteroatoms. The van der Waals surface area contributed by atoms with Crippen LogP contribution in [0, 0.1) is 5.92 Å². The average molecular weight is 286 g/mol. The first-order valence-corrected chi connectivity index (χ1v) is 8.48. The molecule has 2 unspecified atom stereocenters. The van der Waals surface area contributed by atoms with Crippen molar-refractivity contribution in [3.63, 3.8) is 0 Å². The lowest BCUT2D eigenvalue weighted by atomic mass is 9.97. The maximum absolute atomic E-state index is 12.2. The molecular weight excluding hydrogens is 260 g/mol. The second-order valence-electron chi connectivity index (χ2n) is 5.50. The molecule has 0 aromatic rings. The number of piperazine rings is 1. The van der Waals surface area contributed by atoms with E-state index in [0.717, 1.165) is 12.8 Å². The van der Waals surface area contributed by atoms with Gasteiger partial charge in [-0.15, -0.1) is 0 Å². The van der Waals surface area contributed by atoms with E-state index >= 15 is 0 Å². The maximum Gasteiger partial charge on any atom is 0.245 e. The van der Waals surface area contributed by atoms with Crippen LogP contribution in [-0.4, -0.2) is 47.4 Å². The summed E-state index contributed by atoms with van der Waals surface area (Å²) in [6, 6.07) is -0.682. The molecule has 0 aliphatic carbocycles. The molecule has 1 N–H and O–H groups in total. The van der Waals surface area contributed by atoms with E-state index in [0.29, 0.717) is 6.54 Å². The fourth-order valence-electron chi connectivity index (χ4n) is 2.51. The zero-order valence-corrected chi connectivity index (χ0v) is 13.3. The van der Waals surface area contributed by atoms with Crippen LogP contribution in [0.15, 0.2) is 0 Å². The first kappa shape index (κ1) is 16.3. The molecule has 4 nitrogen and oxygen atoms in total. The minimum atomic E-state index is -0.381. The highest BCUT2D eigenvalue weighted by molar-refractivity contribution is 7.98. The SMILES string of the molecule is CSCCCCCN1C(=O)C(C)NC(=O)C1C(C)C. The molecule has 2 atom stereocenters. The number of hydrogen-bond acceptors (Lipinski definition) is 3. The van der Waals surface area contributed by atoms with Crippen molar-refractivity contribution >= 4 is 23.6 Å². The molecule has 0 aromatic heterocycles. The molecule has 1 heterocycles. The number of thioether (sulfide) groups is 1. The molecule has 19 heavy (non-hydrogen) atoms. The van der Waals surface area contributed by atoms with Crippen LogP contribution in [0.25, 0.3) is 0 Å². The zero-order chi connectivity index (χ0) is 14.4. The molecule has 2 amide bonds. The van der Waals surface area contributed by atoms with Crippen molar-refractivity contribution in [1.29, 1.82) is 0 Å². The first-order valence-electron chi connectivity index (χ1n) is 7.08. The van der Waals surface area contributed by atoms with Gasteiger partial charge in [0.05, 0.1) is 0 Å². The summed E-state index contributed by atoms with van der Waals surface area (Å²) >= 11 is 1.85. The number of nitrogens with zero attached hydrogens (tertiary/aromatic N) is 1. The predicted molar refractivity (Wildman–Crippen MR) is 80.2 cm³/mol. The summed E-state index contributed by atoms with van der Waals surface area (Å²) < 4.78 is 0. The molecule has 0 bridgehead atoms. The van der Waals surface area contributed by atoms with Gasteiger partial charge in [-0.1, -0.05) is 20.3 Å². The van der Waals surface area contributed by atoms with Gasteiger partial charge in [0.1, 0.15) is 12.1 Å². The molecule has 0 saturated carbocycles. The number of amides is 2. The van der Waals surface area contributed by atoms with Gasteiger partial charge in [0, 0.05) is 6.54 Å². The molecular formula is C14H26N2O2S. The van der Waals surface area contributed by atoms with E-state index in [-0.39, 0.29) is 29.8 Å². The number of carbonyl (C=O) groups is 2. The van der Waals surface area contributed by atoms with Crippen molar-refractivity contribution in [2.24, 2.45) is 5.92 Å². The number of carbonyl (C=O) groups excluding carboxylic acids is 2. The number of unbranched alkanes of at least 4 members (excludes halogenated alkanes) is 2. The monoisotopic (exact) mass is 286 g/mol. The zero-order valence-electron chi connectivity index (χ0n) is 12.4. The summed E-state index contributed by atoms with van der Waals surface area (Å²) in [5.41, 5.74) is 0. The summed E-state index contributed by atoms with van der Waals surface area (Å²) in [5.74, 6) is 1.37. The van der Waals surface area contributed by atoms with Gasteiger partial charge in [-0.05, 0) is 37.7 Å². The van der Waals surface area contributed by atoms with Gasteiger partial charge in [-0.2, -0.15) is 11.8 Å². The normalized spacial score (nSPS) is 23.9. The van der Waals surface area contributed by atoms with E-state index in [1.165, 1.54) is 12.2 Å². The minimum absolute atomic E-state index is 0.00814. The Bertz CT molecular complexity index is 321. The Balaban J connectivity index is 2.57. The molecule has 1 saturated heterocycles. The Labute approximate surface area is 120 Å². The number of nitrogens with one attached hydrogen (secondary N) is 1. The molecule has 1 aliphatic rings. The summed E-state index contributed by atoms with van der Waals surface area (Å²) in [6.45, 7) is 6.45. The third kappa shape index (κ3) is 4.41. The lowest BCUT2D eigenvalue weighted by Gasteiger charge is -2.40. The van der Waals surface area contributed by atoms with E-state index in [2.05, 4.69) is 11.6 Å². The lowest BCUT2D eigenvalue weighted by molar-refractivity contribution is -0.150. The van der Waals surface area contributed by atoms with Crippen LogP contribution in [0.2, 0.25) is 0 Å². The van der Waals surface area contributed by atoms with Crippen molar-refractivity contribution in [2.75, 3.05) is 18.6 Å². The van der Waals surface area contributed by atoms with E-state index in [4.69, 9.17) is 0 Å². The largest absolute Gasteiger partial charge is 0.343 e. The summed E-state index contributed by atoms with van der Waals surface area (Å²) in [5, 5.41) is 2.77. The van der Waals surface area contributed by atoms with Crippen molar-refractivity contribution in [1.82, 2.24) is 10.2 Å². The molecule has 0 radical (unpaired) electrons. The maximum atomic E-state index is 12.2. The van der Waals surface area contributed by atoms with Gasteiger partial charge in [-0.3, -0.25) is 9.59 Å². The highest BCUT2D eigenvalue weighted by Gasteiger charge is 2.39. The van der Waals surface area contributed by atoms with Gasteiger partial charge in [0.15, 0.2) is 0 Å². The Morgan fingerprint density at radius 2 is 1.95 bits per heavy atom. The minimum Gasteiger partial charge on any atom is -0.343 e. The molecule has 1 rings (SSSR count). The highest BCUT2D eigenvalue weighted by Crippen LogP contribution is 2.18.